The lowest BCUT2D eigenvalue weighted by molar-refractivity contribution is 0.285. The summed E-state index contributed by atoms with van der Waals surface area (Å²) in [6.07, 6.45) is 3.06. The van der Waals surface area contributed by atoms with Crippen LogP contribution in [0.2, 0.25) is 0 Å². The summed E-state index contributed by atoms with van der Waals surface area (Å²) in [6, 6.07) is 10.1. The first-order valence-corrected chi connectivity index (χ1v) is 7.22. The van der Waals surface area contributed by atoms with Gasteiger partial charge in [-0.15, -0.1) is 0 Å². The van der Waals surface area contributed by atoms with Gasteiger partial charge in [0.15, 0.2) is 0 Å². The Kier molecular flexibility index (Phi) is 4.02. The van der Waals surface area contributed by atoms with Gasteiger partial charge >= 0.3 is 0 Å². The van der Waals surface area contributed by atoms with Gasteiger partial charge in [0.1, 0.15) is 17.3 Å². The number of nitrogens with one attached hydrogen (secondary N) is 1. The molecule has 1 aliphatic rings. The lowest BCUT2D eigenvalue weighted by Crippen LogP contribution is -2.22. The number of likely N-dealkylation sites (tertiary alicyclic amines) is 1. The van der Waals surface area contributed by atoms with Gasteiger partial charge in [-0.05, 0) is 50.1 Å². The monoisotopic (exact) mass is 271 g/mol. The van der Waals surface area contributed by atoms with Gasteiger partial charge in [0.05, 0.1) is 6.54 Å². The third-order valence-corrected chi connectivity index (χ3v) is 3.78. The number of rotatable bonds is 5. The van der Waals surface area contributed by atoms with Gasteiger partial charge in [0.25, 0.3) is 0 Å². The summed E-state index contributed by atoms with van der Waals surface area (Å²) in [5, 5.41) is 3.41. The Morgan fingerprint density at radius 2 is 2.30 bits per heavy atom. The summed E-state index contributed by atoms with van der Waals surface area (Å²) >= 11 is 0. The highest BCUT2D eigenvalue weighted by atomic mass is 16.3. The largest absolute Gasteiger partial charge is 0.465 e. The Balaban J connectivity index is 1.45. The average Bonchev–Trinajstić information content (AvgIpc) is 3.08. The van der Waals surface area contributed by atoms with Crippen LogP contribution in [0.3, 0.4) is 0 Å². The van der Waals surface area contributed by atoms with Gasteiger partial charge in [-0.2, -0.15) is 0 Å². The first-order valence-electron chi connectivity index (χ1n) is 7.22. The Labute approximate surface area is 119 Å². The molecule has 106 valence electrons. The first-order chi connectivity index (χ1) is 9.79. The van der Waals surface area contributed by atoms with E-state index in [0.29, 0.717) is 5.92 Å². The van der Waals surface area contributed by atoms with Crippen molar-refractivity contribution in [1.82, 2.24) is 9.88 Å². The number of aryl methyl sites for hydroxylation is 1. The minimum Gasteiger partial charge on any atom is -0.465 e. The lowest BCUT2D eigenvalue weighted by Gasteiger charge is -2.15. The summed E-state index contributed by atoms with van der Waals surface area (Å²) in [6.45, 7) is 6.18. The van der Waals surface area contributed by atoms with Crippen molar-refractivity contribution in [2.75, 3.05) is 25.0 Å². The molecule has 4 heteroatoms. The molecule has 20 heavy (non-hydrogen) atoms. The molecule has 1 unspecified atom stereocenters. The van der Waals surface area contributed by atoms with Crippen molar-refractivity contribution >= 4 is 5.82 Å². The highest BCUT2D eigenvalue weighted by Gasteiger charge is 2.23. The van der Waals surface area contributed by atoms with Crippen LogP contribution in [0.4, 0.5) is 5.82 Å². The van der Waals surface area contributed by atoms with Crippen molar-refractivity contribution in [3.8, 4) is 0 Å². The van der Waals surface area contributed by atoms with E-state index < -0.39 is 0 Å². The number of furan rings is 1. The molecule has 1 atom stereocenters. The summed E-state index contributed by atoms with van der Waals surface area (Å²) < 4.78 is 5.64. The van der Waals surface area contributed by atoms with E-state index in [-0.39, 0.29) is 0 Å². The Morgan fingerprint density at radius 1 is 1.35 bits per heavy atom. The van der Waals surface area contributed by atoms with Gasteiger partial charge in [-0.1, -0.05) is 6.07 Å². The molecule has 2 aromatic heterocycles. The standard InChI is InChI=1S/C16H21N3O/c1-13-5-6-15(20-13)12-19-9-7-14(11-19)10-18-16-4-2-3-8-17-16/h2-6,8,14H,7,9-12H2,1H3,(H,17,18). The molecular weight excluding hydrogens is 250 g/mol. The number of pyridine rings is 1. The summed E-state index contributed by atoms with van der Waals surface area (Å²) in [5.41, 5.74) is 0. The van der Waals surface area contributed by atoms with E-state index in [1.165, 1.54) is 6.42 Å². The maximum absolute atomic E-state index is 5.64. The number of hydrogen-bond acceptors (Lipinski definition) is 4. The highest BCUT2D eigenvalue weighted by Crippen LogP contribution is 2.20. The molecule has 0 spiro atoms. The molecule has 0 radical (unpaired) electrons. The van der Waals surface area contributed by atoms with Gasteiger partial charge in [-0.25, -0.2) is 4.98 Å². The molecule has 1 aliphatic heterocycles. The highest BCUT2D eigenvalue weighted by molar-refractivity contribution is 5.33. The summed E-state index contributed by atoms with van der Waals surface area (Å²) in [7, 11) is 0. The fourth-order valence-electron chi connectivity index (χ4n) is 2.73. The minimum absolute atomic E-state index is 0.688. The van der Waals surface area contributed by atoms with E-state index in [2.05, 4.69) is 21.3 Å². The second kappa shape index (κ2) is 6.09. The topological polar surface area (TPSA) is 41.3 Å². The van der Waals surface area contributed by atoms with Gasteiger partial charge in [0, 0.05) is 19.3 Å². The van der Waals surface area contributed by atoms with Crippen molar-refractivity contribution in [1.29, 1.82) is 0 Å². The fourth-order valence-corrected chi connectivity index (χ4v) is 2.73. The van der Waals surface area contributed by atoms with Gasteiger partial charge in [-0.3, -0.25) is 4.90 Å². The maximum Gasteiger partial charge on any atom is 0.125 e. The molecule has 1 fully saturated rings. The second-order valence-electron chi connectivity index (χ2n) is 5.50. The van der Waals surface area contributed by atoms with E-state index in [1.807, 2.05) is 37.4 Å². The van der Waals surface area contributed by atoms with Crippen LogP contribution >= 0.6 is 0 Å². The van der Waals surface area contributed by atoms with Crippen LogP contribution in [-0.2, 0) is 6.54 Å². The molecule has 3 heterocycles. The minimum atomic E-state index is 0.688. The van der Waals surface area contributed by atoms with Crippen LogP contribution < -0.4 is 5.32 Å². The average molecular weight is 271 g/mol. The maximum atomic E-state index is 5.64. The van der Waals surface area contributed by atoms with E-state index >= 15 is 0 Å². The van der Waals surface area contributed by atoms with Crippen molar-refractivity contribution in [3.63, 3.8) is 0 Å². The SMILES string of the molecule is Cc1ccc(CN2CCC(CNc3ccccn3)C2)o1. The van der Waals surface area contributed by atoms with Crippen molar-refractivity contribution < 1.29 is 4.42 Å². The number of anilines is 1. The van der Waals surface area contributed by atoms with Crippen LogP contribution in [0.15, 0.2) is 40.9 Å². The van der Waals surface area contributed by atoms with Crippen LogP contribution in [0.25, 0.3) is 0 Å². The Bertz CT molecular complexity index is 538. The molecular formula is C16H21N3O. The molecule has 2 aromatic rings. The van der Waals surface area contributed by atoms with Crippen LogP contribution in [0.1, 0.15) is 17.9 Å². The van der Waals surface area contributed by atoms with E-state index in [9.17, 15) is 0 Å². The zero-order valence-corrected chi connectivity index (χ0v) is 11.9. The van der Waals surface area contributed by atoms with E-state index in [4.69, 9.17) is 4.42 Å². The van der Waals surface area contributed by atoms with Crippen molar-refractivity contribution in [2.24, 2.45) is 5.92 Å². The molecule has 1 N–H and O–H groups in total. The first kappa shape index (κ1) is 13.2. The van der Waals surface area contributed by atoms with E-state index in [1.54, 1.807) is 0 Å². The molecule has 4 nitrogen and oxygen atoms in total. The molecule has 3 rings (SSSR count). The molecule has 0 aromatic carbocycles. The summed E-state index contributed by atoms with van der Waals surface area (Å²) in [4.78, 5) is 6.75. The Morgan fingerprint density at radius 3 is 3.05 bits per heavy atom. The number of aromatic nitrogens is 1. The predicted octanol–water partition coefficient (Wildman–Crippen LogP) is 2.92. The zero-order chi connectivity index (χ0) is 13.8. The van der Waals surface area contributed by atoms with Crippen LogP contribution in [-0.4, -0.2) is 29.5 Å². The van der Waals surface area contributed by atoms with E-state index in [0.717, 1.165) is 43.5 Å². The molecule has 0 saturated carbocycles. The Hall–Kier alpha value is -1.81. The normalized spacial score (nSPS) is 19.4. The smallest absolute Gasteiger partial charge is 0.125 e. The fraction of sp³-hybridized carbons (Fsp3) is 0.438. The number of nitrogens with zero attached hydrogens (tertiary/aromatic N) is 2. The molecule has 0 aliphatic carbocycles. The quantitative estimate of drug-likeness (QED) is 0.908. The van der Waals surface area contributed by atoms with Crippen molar-refractivity contribution in [2.45, 2.75) is 19.9 Å². The van der Waals surface area contributed by atoms with Crippen molar-refractivity contribution in [3.05, 3.63) is 48.0 Å². The lowest BCUT2D eigenvalue weighted by atomic mass is 10.1. The predicted molar refractivity (Wildman–Crippen MR) is 79.6 cm³/mol. The number of hydrogen-bond donors (Lipinski definition) is 1. The van der Waals surface area contributed by atoms with Gasteiger partial charge in [0.2, 0.25) is 0 Å². The molecule has 0 bridgehead atoms. The third kappa shape index (κ3) is 3.39. The van der Waals surface area contributed by atoms with Crippen LogP contribution in [0, 0.1) is 12.8 Å². The second-order valence-corrected chi connectivity index (χ2v) is 5.50. The van der Waals surface area contributed by atoms with Gasteiger partial charge < -0.3 is 9.73 Å². The zero-order valence-electron chi connectivity index (χ0n) is 11.9. The molecule has 1 saturated heterocycles. The summed E-state index contributed by atoms with van der Waals surface area (Å²) in [5.74, 6) is 3.72. The van der Waals surface area contributed by atoms with Crippen LogP contribution in [0.5, 0.6) is 0 Å². The third-order valence-electron chi connectivity index (χ3n) is 3.78. The molecule has 0 amide bonds.